The lowest BCUT2D eigenvalue weighted by molar-refractivity contribution is 0.568. The first-order valence-corrected chi connectivity index (χ1v) is 8.57. The Kier molecular flexibility index (Phi) is 3.95. The molecule has 1 aromatic carbocycles. The van der Waals surface area contributed by atoms with Gasteiger partial charge in [-0.1, -0.05) is 23.4 Å². The summed E-state index contributed by atoms with van der Waals surface area (Å²) in [5.41, 5.74) is 1.93. The second kappa shape index (κ2) is 5.90. The maximum atomic E-state index is 11.4. The summed E-state index contributed by atoms with van der Waals surface area (Å²) in [6.07, 6.45) is 3.79. The molecule has 0 atom stereocenters. The number of sulfonamides is 1. The van der Waals surface area contributed by atoms with E-state index >= 15 is 0 Å². The summed E-state index contributed by atoms with van der Waals surface area (Å²) >= 11 is 0. The molecule has 1 N–H and O–H groups in total. The lowest BCUT2D eigenvalue weighted by atomic mass is 10.2. The third-order valence-electron chi connectivity index (χ3n) is 3.50. The minimum Gasteiger partial charge on any atom is -0.341 e. The molecule has 0 spiro atoms. The van der Waals surface area contributed by atoms with Gasteiger partial charge in [0.25, 0.3) is 0 Å². The number of rotatable bonds is 6. The average molecular weight is 319 g/mol. The van der Waals surface area contributed by atoms with Gasteiger partial charge in [-0.05, 0) is 24.6 Å². The molecule has 3 aromatic rings. The SMILES string of the molecule is CNS(=O)(=O)CCn1cc(Cn2ccc3ccccc32)nn1. The summed E-state index contributed by atoms with van der Waals surface area (Å²) in [6.45, 7) is 0.884. The van der Waals surface area contributed by atoms with Gasteiger partial charge in [0.05, 0.1) is 25.0 Å². The Labute approximate surface area is 128 Å². The number of aryl methyl sites for hydroxylation is 1. The molecule has 22 heavy (non-hydrogen) atoms. The predicted molar refractivity (Wildman–Crippen MR) is 83.9 cm³/mol. The van der Waals surface area contributed by atoms with E-state index in [0.717, 1.165) is 11.2 Å². The predicted octanol–water partition coefficient (Wildman–Crippen LogP) is 0.830. The zero-order chi connectivity index (χ0) is 15.6. The Morgan fingerprint density at radius 3 is 2.86 bits per heavy atom. The monoisotopic (exact) mass is 319 g/mol. The molecule has 0 fully saturated rings. The Hall–Kier alpha value is -2.19. The van der Waals surface area contributed by atoms with Crippen molar-refractivity contribution in [1.29, 1.82) is 0 Å². The molecule has 0 aliphatic heterocycles. The number of para-hydroxylation sites is 1. The molecule has 0 amide bonds. The Morgan fingerprint density at radius 1 is 1.23 bits per heavy atom. The van der Waals surface area contributed by atoms with E-state index in [4.69, 9.17) is 0 Å². The standard InChI is InChI=1S/C14H17N5O2S/c1-15-22(20,21)9-8-19-11-13(16-17-19)10-18-7-6-12-4-2-3-5-14(12)18/h2-7,11,15H,8-10H2,1H3. The quantitative estimate of drug-likeness (QED) is 0.729. The van der Waals surface area contributed by atoms with Gasteiger partial charge in [0.1, 0.15) is 5.69 Å². The first-order valence-electron chi connectivity index (χ1n) is 6.91. The molecular formula is C14H17N5O2S. The molecule has 116 valence electrons. The highest BCUT2D eigenvalue weighted by Gasteiger charge is 2.09. The van der Waals surface area contributed by atoms with Crippen molar-refractivity contribution < 1.29 is 8.42 Å². The molecule has 0 bridgehead atoms. The average Bonchev–Trinajstić information content (AvgIpc) is 3.14. The van der Waals surface area contributed by atoms with E-state index in [-0.39, 0.29) is 12.3 Å². The third kappa shape index (κ3) is 3.18. The van der Waals surface area contributed by atoms with Gasteiger partial charge in [0.15, 0.2) is 0 Å². The summed E-state index contributed by atoms with van der Waals surface area (Å²) in [5.74, 6) is -0.0151. The maximum Gasteiger partial charge on any atom is 0.213 e. The van der Waals surface area contributed by atoms with Crippen molar-refractivity contribution in [3.8, 4) is 0 Å². The molecule has 0 saturated carbocycles. The molecular weight excluding hydrogens is 302 g/mol. The smallest absolute Gasteiger partial charge is 0.213 e. The van der Waals surface area contributed by atoms with Gasteiger partial charge < -0.3 is 4.57 Å². The highest BCUT2D eigenvalue weighted by molar-refractivity contribution is 7.89. The van der Waals surface area contributed by atoms with Crippen LogP contribution in [0.5, 0.6) is 0 Å². The first kappa shape index (κ1) is 14.7. The van der Waals surface area contributed by atoms with Crippen LogP contribution in [-0.4, -0.2) is 40.8 Å². The fourth-order valence-electron chi connectivity index (χ4n) is 2.29. The summed E-state index contributed by atoms with van der Waals surface area (Å²) in [6, 6.07) is 10.2. The highest BCUT2D eigenvalue weighted by Crippen LogP contribution is 2.16. The third-order valence-corrected chi connectivity index (χ3v) is 4.84. The largest absolute Gasteiger partial charge is 0.341 e. The summed E-state index contributed by atoms with van der Waals surface area (Å²) < 4.78 is 28.7. The first-order chi connectivity index (χ1) is 10.6. The maximum absolute atomic E-state index is 11.4. The van der Waals surface area contributed by atoms with Crippen LogP contribution in [0.1, 0.15) is 5.69 Å². The molecule has 0 unspecified atom stereocenters. The van der Waals surface area contributed by atoms with Crippen molar-refractivity contribution in [3.63, 3.8) is 0 Å². The number of fused-ring (bicyclic) bond motifs is 1. The number of hydrogen-bond donors (Lipinski definition) is 1. The van der Waals surface area contributed by atoms with Gasteiger partial charge in [0.2, 0.25) is 10.0 Å². The number of benzene rings is 1. The van der Waals surface area contributed by atoms with Gasteiger partial charge in [-0.3, -0.25) is 4.68 Å². The summed E-state index contributed by atoms with van der Waals surface area (Å²) in [4.78, 5) is 0. The number of hydrogen-bond acceptors (Lipinski definition) is 4. The molecule has 0 radical (unpaired) electrons. The van der Waals surface area contributed by atoms with Gasteiger partial charge in [-0.25, -0.2) is 13.1 Å². The zero-order valence-corrected chi connectivity index (χ0v) is 13.0. The number of aromatic nitrogens is 4. The van der Waals surface area contributed by atoms with Gasteiger partial charge in [-0.15, -0.1) is 5.10 Å². The van der Waals surface area contributed by atoms with Crippen LogP contribution >= 0.6 is 0 Å². The van der Waals surface area contributed by atoms with Crippen molar-refractivity contribution in [2.24, 2.45) is 0 Å². The Balaban J connectivity index is 1.72. The van der Waals surface area contributed by atoms with Crippen LogP contribution in [0, 0.1) is 0 Å². The molecule has 7 nitrogen and oxygen atoms in total. The van der Waals surface area contributed by atoms with Gasteiger partial charge in [0, 0.05) is 11.7 Å². The van der Waals surface area contributed by atoms with E-state index in [1.165, 1.54) is 12.4 Å². The molecule has 0 aliphatic rings. The fourth-order valence-corrected chi connectivity index (χ4v) is 2.92. The number of nitrogens with one attached hydrogen (secondary N) is 1. The van der Waals surface area contributed by atoms with Crippen LogP contribution in [0.4, 0.5) is 0 Å². The highest BCUT2D eigenvalue weighted by atomic mass is 32.2. The Bertz CT molecular complexity index is 881. The van der Waals surface area contributed by atoms with Crippen LogP contribution in [0.3, 0.4) is 0 Å². The fraction of sp³-hybridized carbons (Fsp3) is 0.286. The topological polar surface area (TPSA) is 81.8 Å². The van der Waals surface area contributed by atoms with Crippen LogP contribution in [0.15, 0.2) is 42.7 Å². The van der Waals surface area contributed by atoms with E-state index in [2.05, 4.69) is 37.8 Å². The lowest BCUT2D eigenvalue weighted by Crippen LogP contribution is -2.24. The second-order valence-electron chi connectivity index (χ2n) is 5.00. The normalized spacial score (nSPS) is 12.0. The van der Waals surface area contributed by atoms with Crippen LogP contribution in [0.25, 0.3) is 10.9 Å². The summed E-state index contributed by atoms with van der Waals surface area (Å²) in [7, 11) is -1.83. The van der Waals surface area contributed by atoms with E-state index in [1.54, 1.807) is 10.9 Å². The van der Waals surface area contributed by atoms with E-state index in [0.29, 0.717) is 6.54 Å². The van der Waals surface area contributed by atoms with Crippen molar-refractivity contribution in [3.05, 3.63) is 48.4 Å². The molecule has 0 saturated heterocycles. The molecule has 3 rings (SSSR count). The van der Waals surface area contributed by atoms with E-state index < -0.39 is 10.0 Å². The molecule has 2 heterocycles. The molecule has 2 aromatic heterocycles. The molecule has 0 aliphatic carbocycles. The minimum absolute atomic E-state index is 0.0151. The van der Waals surface area contributed by atoms with Gasteiger partial charge >= 0.3 is 0 Å². The van der Waals surface area contributed by atoms with Crippen LogP contribution < -0.4 is 4.72 Å². The van der Waals surface area contributed by atoms with Crippen LogP contribution in [0.2, 0.25) is 0 Å². The Morgan fingerprint density at radius 2 is 2.05 bits per heavy atom. The van der Waals surface area contributed by atoms with E-state index in [9.17, 15) is 8.42 Å². The summed E-state index contributed by atoms with van der Waals surface area (Å²) in [5, 5.41) is 9.25. The lowest BCUT2D eigenvalue weighted by Gasteiger charge is -2.02. The second-order valence-corrected chi connectivity index (χ2v) is 7.04. The van der Waals surface area contributed by atoms with Crippen molar-refractivity contribution in [1.82, 2.24) is 24.3 Å². The van der Waals surface area contributed by atoms with Gasteiger partial charge in [-0.2, -0.15) is 0 Å². The van der Waals surface area contributed by atoms with Crippen molar-refractivity contribution in [2.75, 3.05) is 12.8 Å². The minimum atomic E-state index is -3.23. The zero-order valence-electron chi connectivity index (χ0n) is 12.2. The molecule has 8 heteroatoms. The number of nitrogens with zero attached hydrogens (tertiary/aromatic N) is 4. The van der Waals surface area contributed by atoms with Crippen molar-refractivity contribution >= 4 is 20.9 Å². The van der Waals surface area contributed by atoms with Crippen molar-refractivity contribution in [2.45, 2.75) is 13.1 Å². The van der Waals surface area contributed by atoms with Crippen LogP contribution in [-0.2, 0) is 23.1 Å². The van der Waals surface area contributed by atoms with E-state index in [1.807, 2.05) is 18.3 Å².